The highest BCUT2D eigenvalue weighted by molar-refractivity contribution is 7.87. The minimum atomic E-state index is -0.781. The molecule has 3 fully saturated rings. The quantitative estimate of drug-likeness (QED) is 0.317. The lowest BCUT2D eigenvalue weighted by atomic mass is 9.70. The maximum absolute atomic E-state index is 14.1. The van der Waals surface area contributed by atoms with Crippen LogP contribution in [-0.4, -0.2) is 98.1 Å². The molecular weight excluding hydrogens is 738 g/mol. The minimum absolute atomic E-state index is 0.0132. The average molecular weight is 794 g/mol. The first kappa shape index (κ1) is 39.6. The number of methoxy groups -OCH3 is 1. The van der Waals surface area contributed by atoms with Crippen LogP contribution in [0.25, 0.3) is 0 Å². The summed E-state index contributed by atoms with van der Waals surface area (Å²) in [7, 11) is 1.02. The number of benzene rings is 2. The first-order valence-corrected chi connectivity index (χ1v) is 22.0. The number of likely N-dealkylation sites (tertiary alicyclic amines) is 2. The van der Waals surface area contributed by atoms with Crippen molar-refractivity contribution in [2.75, 3.05) is 63.0 Å². The largest absolute Gasteiger partial charge is 0.491 e. The molecular formula is C42H56ClN5O6S. The molecule has 0 aromatic heterocycles. The Labute approximate surface area is 333 Å². The van der Waals surface area contributed by atoms with Crippen LogP contribution in [0.3, 0.4) is 0 Å². The van der Waals surface area contributed by atoms with Crippen LogP contribution in [0.15, 0.2) is 52.9 Å². The van der Waals surface area contributed by atoms with Gasteiger partial charge in [0.15, 0.2) is 0 Å². The lowest BCUT2D eigenvalue weighted by Gasteiger charge is -2.43. The molecule has 55 heavy (non-hydrogen) atoms. The van der Waals surface area contributed by atoms with Gasteiger partial charge in [-0.15, -0.1) is 0 Å². The van der Waals surface area contributed by atoms with Gasteiger partial charge in [0.25, 0.3) is 5.91 Å². The van der Waals surface area contributed by atoms with E-state index in [4.69, 9.17) is 30.2 Å². The van der Waals surface area contributed by atoms with Crippen LogP contribution in [0.1, 0.15) is 79.8 Å². The Balaban J connectivity index is 1.12. The number of allylic oxidation sites excluding steroid dienone is 1. The van der Waals surface area contributed by atoms with E-state index in [2.05, 4.69) is 41.4 Å². The second kappa shape index (κ2) is 18.6. The van der Waals surface area contributed by atoms with Gasteiger partial charge in [-0.1, -0.05) is 47.4 Å². The smallest absolute Gasteiger partial charge is 0.410 e. The standard InChI is InChI=1S/C42H56ClN5O6S/c1-29-9-8-11-38(52-2)36-16-13-33(36)24-47-23-32-12-15-34(43)21-30(32)10-4-7-20-53-39-17-14-31(22-37(39)47)40(49)45-55(27-29)28-44-41(50)48-25-35(26-48)54-42(51)46-18-5-3-6-19-46/h8,11-12,14-15,17,21-22,29,33,35-36,38H,3-7,9-10,13,16,18-20,23-28H2,1-2H3,(H,44,50)/b11-8+/t29-,33-,36+,38-,55?/m0/s1. The minimum Gasteiger partial charge on any atom is -0.491 e. The summed E-state index contributed by atoms with van der Waals surface area (Å²) in [6, 6.07) is 11.7. The van der Waals surface area contributed by atoms with Crippen molar-refractivity contribution in [3.8, 4) is 5.75 Å². The summed E-state index contributed by atoms with van der Waals surface area (Å²) in [5.74, 6) is 2.39. The zero-order chi connectivity index (χ0) is 38.3. The highest BCUT2D eigenvalue weighted by Gasteiger charge is 2.38. The number of carbonyl (C=O) groups is 3. The first-order chi connectivity index (χ1) is 26.7. The third-order valence-corrected chi connectivity index (χ3v) is 13.9. The molecule has 298 valence electrons. The second-order valence-electron chi connectivity index (χ2n) is 15.9. The molecule has 4 amide bonds. The van der Waals surface area contributed by atoms with E-state index < -0.39 is 10.7 Å². The second-order valence-corrected chi connectivity index (χ2v) is 18.0. The van der Waals surface area contributed by atoms with Crippen LogP contribution in [0.5, 0.6) is 5.75 Å². The summed E-state index contributed by atoms with van der Waals surface area (Å²) in [6.07, 6.45) is 12.8. The lowest BCUT2D eigenvalue weighted by Crippen LogP contribution is -2.59. The summed E-state index contributed by atoms with van der Waals surface area (Å²) in [4.78, 5) is 45.6. The van der Waals surface area contributed by atoms with Crippen LogP contribution >= 0.6 is 11.6 Å². The number of amides is 4. The zero-order valence-corrected chi connectivity index (χ0v) is 33.8. The monoisotopic (exact) mass is 793 g/mol. The third kappa shape index (κ3) is 10.0. The van der Waals surface area contributed by atoms with Gasteiger partial charge in [-0.2, -0.15) is 4.36 Å². The number of anilines is 1. The van der Waals surface area contributed by atoms with Crippen molar-refractivity contribution in [1.82, 2.24) is 15.1 Å². The topological polar surface area (TPSA) is 113 Å². The van der Waals surface area contributed by atoms with Gasteiger partial charge in [-0.25, -0.2) is 9.59 Å². The molecule has 1 saturated carbocycles. The molecule has 0 radical (unpaired) electrons. The molecule has 5 aliphatic rings. The van der Waals surface area contributed by atoms with E-state index in [-0.39, 0.29) is 42.0 Å². The fraction of sp³-hybridized carbons (Fsp3) is 0.595. The van der Waals surface area contributed by atoms with E-state index in [1.54, 1.807) is 16.9 Å². The van der Waals surface area contributed by atoms with Gasteiger partial charge in [0.2, 0.25) is 0 Å². The Kier molecular flexibility index (Phi) is 13.4. The van der Waals surface area contributed by atoms with Crippen molar-refractivity contribution in [3.05, 3.63) is 70.3 Å². The van der Waals surface area contributed by atoms with Crippen LogP contribution in [-0.2, 0) is 33.1 Å². The summed E-state index contributed by atoms with van der Waals surface area (Å²) >= 11 is 6.49. The number of rotatable bonds is 4. The molecule has 5 atom stereocenters. The van der Waals surface area contributed by atoms with E-state index in [1.165, 1.54) is 11.1 Å². The summed E-state index contributed by atoms with van der Waals surface area (Å²) < 4.78 is 23.0. The number of fused-ring (bicyclic) bond motifs is 3. The van der Waals surface area contributed by atoms with Gasteiger partial charge in [-0.05, 0) is 117 Å². The summed E-state index contributed by atoms with van der Waals surface area (Å²) in [5.41, 5.74) is 3.87. The van der Waals surface area contributed by atoms with E-state index in [9.17, 15) is 14.4 Å². The van der Waals surface area contributed by atoms with E-state index in [0.717, 1.165) is 93.9 Å². The fourth-order valence-electron chi connectivity index (χ4n) is 8.36. The molecule has 2 aromatic carbocycles. The highest BCUT2D eigenvalue weighted by atomic mass is 35.5. The number of piperidine rings is 1. The Morgan fingerprint density at radius 1 is 1.00 bits per heavy atom. The van der Waals surface area contributed by atoms with Crippen LogP contribution in [0.4, 0.5) is 15.3 Å². The Bertz CT molecular complexity index is 1760. The van der Waals surface area contributed by atoms with Gasteiger partial charge in [0, 0.05) is 49.6 Å². The van der Waals surface area contributed by atoms with Crippen LogP contribution < -0.4 is 15.0 Å². The molecule has 2 bridgehead atoms. The van der Waals surface area contributed by atoms with Gasteiger partial charge in [0.1, 0.15) is 11.9 Å². The maximum atomic E-state index is 14.1. The molecule has 4 heterocycles. The number of carbonyl (C=O) groups excluding carboxylic acids is 3. The molecule has 4 aliphatic heterocycles. The van der Waals surface area contributed by atoms with Crippen molar-refractivity contribution in [3.63, 3.8) is 0 Å². The number of ether oxygens (including phenoxy) is 3. The Hall–Kier alpha value is -3.61. The molecule has 1 unspecified atom stereocenters. The lowest BCUT2D eigenvalue weighted by molar-refractivity contribution is -0.0103. The molecule has 1 N–H and O–H groups in total. The van der Waals surface area contributed by atoms with Gasteiger partial charge < -0.3 is 34.2 Å². The van der Waals surface area contributed by atoms with Crippen molar-refractivity contribution in [2.24, 2.45) is 22.1 Å². The molecule has 2 aromatic rings. The number of nitrogens with zero attached hydrogens (tertiary/aromatic N) is 4. The van der Waals surface area contributed by atoms with Crippen molar-refractivity contribution in [1.29, 1.82) is 0 Å². The Morgan fingerprint density at radius 3 is 2.62 bits per heavy atom. The van der Waals surface area contributed by atoms with Gasteiger partial charge in [-0.3, -0.25) is 4.79 Å². The Morgan fingerprint density at radius 2 is 1.84 bits per heavy atom. The number of urea groups is 1. The van der Waals surface area contributed by atoms with E-state index >= 15 is 0 Å². The number of halogens is 1. The van der Waals surface area contributed by atoms with Crippen LogP contribution in [0, 0.1) is 17.8 Å². The maximum Gasteiger partial charge on any atom is 0.410 e. The molecule has 7 rings (SSSR count). The average Bonchev–Trinajstić information content (AvgIpc) is 3.19. The summed E-state index contributed by atoms with van der Waals surface area (Å²) in [6.45, 7) is 6.36. The molecule has 13 heteroatoms. The number of nitrogens with one attached hydrogen (secondary N) is 1. The third-order valence-electron chi connectivity index (χ3n) is 11.8. The fourth-order valence-corrected chi connectivity index (χ4v) is 10.2. The number of hydrogen-bond acceptors (Lipinski definition) is 7. The highest BCUT2D eigenvalue weighted by Crippen LogP contribution is 2.42. The van der Waals surface area contributed by atoms with Gasteiger partial charge in [0.05, 0.1) is 37.4 Å². The molecule has 1 aliphatic carbocycles. The normalized spacial score (nSPS) is 27.1. The first-order valence-electron chi connectivity index (χ1n) is 20.1. The van der Waals surface area contributed by atoms with Crippen molar-refractivity contribution >= 4 is 46.0 Å². The van der Waals surface area contributed by atoms with Crippen molar-refractivity contribution < 1.29 is 28.6 Å². The van der Waals surface area contributed by atoms with E-state index in [0.29, 0.717) is 49.4 Å². The molecule has 2 saturated heterocycles. The van der Waals surface area contributed by atoms with Crippen molar-refractivity contribution in [2.45, 2.75) is 83.5 Å². The van der Waals surface area contributed by atoms with Gasteiger partial charge >= 0.3 is 12.1 Å². The molecule has 11 nitrogen and oxygen atoms in total. The zero-order valence-electron chi connectivity index (χ0n) is 32.3. The number of hydrogen-bond donors (Lipinski definition) is 1. The van der Waals surface area contributed by atoms with Crippen LogP contribution in [0.2, 0.25) is 5.02 Å². The van der Waals surface area contributed by atoms with E-state index in [1.807, 2.05) is 24.3 Å². The predicted molar refractivity (Wildman–Crippen MR) is 217 cm³/mol. The molecule has 0 spiro atoms. The number of aryl methyl sites for hydroxylation is 1. The SMILES string of the molecule is CO[C@H]1/C=C/C[C@H](C)CS(CNC(=O)N2CC(OC(=O)N3CCCCC3)C2)=NC(=O)c2ccc3c(c2)N(Cc2ccc(Cl)cc2CCCCO3)C[C@@H]2CC[C@H]21. The summed E-state index contributed by atoms with van der Waals surface area (Å²) in [5, 5.41) is 3.78. The predicted octanol–water partition coefficient (Wildman–Crippen LogP) is 7.61.